The molecule has 1 amide bonds. The van der Waals surface area contributed by atoms with E-state index in [9.17, 15) is 9.59 Å². The highest BCUT2D eigenvalue weighted by atomic mass is 16.7. The van der Waals surface area contributed by atoms with Gasteiger partial charge in [-0.15, -0.1) is 10.2 Å². The average molecular weight is 445 g/mol. The molecule has 0 spiro atoms. The van der Waals surface area contributed by atoms with Gasteiger partial charge in [0.1, 0.15) is 11.1 Å². The predicted octanol–water partition coefficient (Wildman–Crippen LogP) is 3.59. The summed E-state index contributed by atoms with van der Waals surface area (Å²) in [5.74, 6) is 1.68. The van der Waals surface area contributed by atoms with E-state index in [2.05, 4.69) is 10.2 Å². The average Bonchev–Trinajstić information content (AvgIpc) is 3.53. The topological polar surface area (TPSA) is 108 Å². The van der Waals surface area contributed by atoms with Gasteiger partial charge in [-0.25, -0.2) is 4.79 Å². The second kappa shape index (κ2) is 7.77. The van der Waals surface area contributed by atoms with Gasteiger partial charge < -0.3 is 23.2 Å². The van der Waals surface area contributed by atoms with Crippen LogP contribution in [0, 0.1) is 0 Å². The minimum Gasteiger partial charge on any atom is -0.454 e. The summed E-state index contributed by atoms with van der Waals surface area (Å²) in [6.45, 7) is 1.12. The van der Waals surface area contributed by atoms with Crippen molar-refractivity contribution in [2.75, 3.05) is 19.9 Å². The van der Waals surface area contributed by atoms with Crippen molar-refractivity contribution in [3.8, 4) is 23.0 Å². The largest absolute Gasteiger partial charge is 0.454 e. The Kier molecular flexibility index (Phi) is 4.60. The molecule has 4 aromatic rings. The first kappa shape index (κ1) is 19.5. The molecular weight excluding hydrogens is 426 g/mol. The molecule has 2 aromatic carbocycles. The fourth-order valence-electron chi connectivity index (χ4n) is 4.29. The summed E-state index contributed by atoms with van der Waals surface area (Å²) >= 11 is 0. The van der Waals surface area contributed by atoms with Crippen LogP contribution in [0.4, 0.5) is 0 Å². The van der Waals surface area contributed by atoms with E-state index in [4.69, 9.17) is 18.3 Å². The van der Waals surface area contributed by atoms with Crippen molar-refractivity contribution in [3.63, 3.8) is 0 Å². The lowest BCUT2D eigenvalue weighted by Crippen LogP contribution is -2.40. The molecule has 1 saturated heterocycles. The number of nitrogens with zero attached hydrogens (tertiary/aromatic N) is 3. The van der Waals surface area contributed by atoms with Crippen LogP contribution in [0.5, 0.6) is 11.5 Å². The van der Waals surface area contributed by atoms with Gasteiger partial charge in [0.25, 0.3) is 5.91 Å². The standard InChI is InChI=1S/C24H19N3O6/c28-23(17-10-14-4-1-2-6-18(14)32-24(17)29)27-9-3-5-16(12-27)22-26-25-21(33-22)15-7-8-19-20(11-15)31-13-30-19/h1-2,4,6-8,10-11,16H,3,5,9,12-13H2. The van der Waals surface area contributed by atoms with Crippen LogP contribution in [-0.4, -0.2) is 40.9 Å². The first-order chi connectivity index (χ1) is 16.2. The number of carbonyl (C=O) groups excluding carboxylic acids is 1. The molecule has 4 heterocycles. The summed E-state index contributed by atoms with van der Waals surface area (Å²) in [5, 5.41) is 9.12. The number of rotatable bonds is 3. The number of para-hydroxylation sites is 1. The Morgan fingerprint density at radius 3 is 2.82 bits per heavy atom. The molecule has 6 rings (SSSR count). The summed E-state index contributed by atoms with van der Waals surface area (Å²) in [6, 6.07) is 14.2. The van der Waals surface area contributed by atoms with Crippen molar-refractivity contribution >= 4 is 16.9 Å². The lowest BCUT2D eigenvalue weighted by molar-refractivity contribution is 0.0694. The fraction of sp³-hybridized carbons (Fsp3) is 0.250. The summed E-state index contributed by atoms with van der Waals surface area (Å²) < 4.78 is 22.0. The van der Waals surface area contributed by atoms with Crippen LogP contribution in [0.15, 0.2) is 62.2 Å². The number of fused-ring (bicyclic) bond motifs is 2. The molecule has 0 saturated carbocycles. The highest BCUT2D eigenvalue weighted by Crippen LogP contribution is 2.36. The fourth-order valence-corrected chi connectivity index (χ4v) is 4.29. The number of piperidine rings is 1. The zero-order chi connectivity index (χ0) is 22.4. The minimum absolute atomic E-state index is 0.0286. The SMILES string of the molecule is O=C(c1cc2ccccc2oc1=O)N1CCCC(c2nnc(-c3ccc4c(c3)OCO4)o2)C1. The maximum Gasteiger partial charge on any atom is 0.349 e. The lowest BCUT2D eigenvalue weighted by Gasteiger charge is -2.30. The molecule has 1 unspecified atom stereocenters. The van der Waals surface area contributed by atoms with Gasteiger partial charge in [-0.2, -0.15) is 0 Å². The van der Waals surface area contributed by atoms with Crippen LogP contribution in [0.25, 0.3) is 22.4 Å². The van der Waals surface area contributed by atoms with Gasteiger partial charge in [0.2, 0.25) is 18.6 Å². The van der Waals surface area contributed by atoms with Crippen LogP contribution < -0.4 is 15.1 Å². The Morgan fingerprint density at radius 2 is 1.88 bits per heavy atom. The van der Waals surface area contributed by atoms with Crippen molar-refractivity contribution in [2.24, 2.45) is 0 Å². The Morgan fingerprint density at radius 1 is 1.00 bits per heavy atom. The van der Waals surface area contributed by atoms with E-state index >= 15 is 0 Å². The number of carbonyl (C=O) groups is 1. The van der Waals surface area contributed by atoms with Crippen molar-refractivity contribution < 1.29 is 23.1 Å². The molecule has 166 valence electrons. The molecule has 0 N–H and O–H groups in total. The molecule has 2 aromatic heterocycles. The maximum atomic E-state index is 13.1. The van der Waals surface area contributed by atoms with E-state index in [-0.39, 0.29) is 24.2 Å². The lowest BCUT2D eigenvalue weighted by atomic mass is 9.97. The molecule has 9 heteroatoms. The summed E-state index contributed by atoms with van der Waals surface area (Å²) in [5.41, 5.74) is 0.581. The summed E-state index contributed by atoms with van der Waals surface area (Å²) in [4.78, 5) is 27.2. The first-order valence-corrected chi connectivity index (χ1v) is 10.7. The van der Waals surface area contributed by atoms with Crippen LogP contribution in [0.3, 0.4) is 0 Å². The number of ether oxygens (including phenoxy) is 2. The van der Waals surface area contributed by atoms with Gasteiger partial charge in [0.05, 0.1) is 5.92 Å². The molecule has 0 radical (unpaired) electrons. The van der Waals surface area contributed by atoms with Crippen molar-refractivity contribution in [1.29, 1.82) is 0 Å². The number of likely N-dealkylation sites (tertiary alicyclic amines) is 1. The molecule has 0 bridgehead atoms. The van der Waals surface area contributed by atoms with Crippen LogP contribution in [0.1, 0.15) is 35.0 Å². The number of hydrogen-bond donors (Lipinski definition) is 0. The zero-order valence-corrected chi connectivity index (χ0v) is 17.5. The van der Waals surface area contributed by atoms with Gasteiger partial charge in [0.15, 0.2) is 11.5 Å². The van der Waals surface area contributed by atoms with Crippen LogP contribution >= 0.6 is 0 Å². The number of aromatic nitrogens is 2. The van der Waals surface area contributed by atoms with E-state index in [0.29, 0.717) is 47.3 Å². The van der Waals surface area contributed by atoms with E-state index < -0.39 is 5.63 Å². The van der Waals surface area contributed by atoms with E-state index in [1.165, 1.54) is 0 Å². The van der Waals surface area contributed by atoms with Crippen molar-refractivity contribution in [2.45, 2.75) is 18.8 Å². The molecule has 33 heavy (non-hydrogen) atoms. The maximum absolute atomic E-state index is 13.1. The summed E-state index contributed by atoms with van der Waals surface area (Å²) in [7, 11) is 0. The van der Waals surface area contributed by atoms with Crippen LogP contribution in [0.2, 0.25) is 0 Å². The number of benzene rings is 2. The van der Waals surface area contributed by atoms with E-state index in [1.807, 2.05) is 18.2 Å². The normalized spacial score (nSPS) is 17.5. The van der Waals surface area contributed by atoms with Gasteiger partial charge in [0, 0.05) is 24.0 Å². The third kappa shape index (κ3) is 3.51. The summed E-state index contributed by atoms with van der Waals surface area (Å²) in [6.07, 6.45) is 1.57. The Hall–Kier alpha value is -4.14. The van der Waals surface area contributed by atoms with E-state index in [1.54, 1.807) is 35.2 Å². The van der Waals surface area contributed by atoms with Crippen molar-refractivity contribution in [1.82, 2.24) is 15.1 Å². The Balaban J connectivity index is 1.23. The second-order valence-corrected chi connectivity index (χ2v) is 8.09. The van der Waals surface area contributed by atoms with Gasteiger partial charge in [-0.3, -0.25) is 4.79 Å². The molecule has 0 aliphatic carbocycles. The third-order valence-corrected chi connectivity index (χ3v) is 5.99. The predicted molar refractivity (Wildman–Crippen MR) is 116 cm³/mol. The second-order valence-electron chi connectivity index (χ2n) is 8.09. The van der Waals surface area contributed by atoms with Gasteiger partial charge in [-0.05, 0) is 43.2 Å². The monoisotopic (exact) mass is 445 g/mol. The first-order valence-electron chi connectivity index (χ1n) is 10.7. The smallest absolute Gasteiger partial charge is 0.349 e. The minimum atomic E-state index is -0.635. The molecule has 1 fully saturated rings. The zero-order valence-electron chi connectivity index (χ0n) is 17.5. The van der Waals surface area contributed by atoms with Gasteiger partial charge >= 0.3 is 5.63 Å². The Bertz CT molecular complexity index is 1430. The molecule has 2 aliphatic heterocycles. The molecule has 2 aliphatic rings. The highest BCUT2D eigenvalue weighted by Gasteiger charge is 2.30. The number of amides is 1. The molecule has 1 atom stereocenters. The molecular formula is C24H19N3O6. The van der Waals surface area contributed by atoms with Crippen molar-refractivity contribution in [3.05, 3.63) is 70.4 Å². The quantitative estimate of drug-likeness (QED) is 0.440. The highest BCUT2D eigenvalue weighted by molar-refractivity contribution is 5.96. The van der Waals surface area contributed by atoms with E-state index in [0.717, 1.165) is 18.4 Å². The number of hydrogen-bond acceptors (Lipinski definition) is 8. The Labute approximate surface area is 187 Å². The molecule has 9 nitrogen and oxygen atoms in total. The third-order valence-electron chi connectivity index (χ3n) is 5.99. The van der Waals surface area contributed by atoms with Crippen LogP contribution in [-0.2, 0) is 0 Å². The van der Waals surface area contributed by atoms with Gasteiger partial charge in [-0.1, -0.05) is 18.2 Å².